The molecule has 1 aromatic rings. The second kappa shape index (κ2) is 8.35. The molecule has 116 valence electrons. The summed E-state index contributed by atoms with van der Waals surface area (Å²) in [4.78, 5) is 15.8. The Morgan fingerprint density at radius 3 is 2.81 bits per heavy atom. The van der Waals surface area contributed by atoms with Crippen molar-refractivity contribution < 1.29 is 14.3 Å². The third kappa shape index (κ3) is 5.14. The number of hydrazone groups is 1. The standard InChI is InChI=1S/C13H20N4O3S/c1-5-21-12(17-14)11-10(19-4)6-9(7-15-11)16-13(18)20-8(2)3/h6-8H,5,14H2,1-4H3,(H,16,18)/b17-12-. The zero-order chi connectivity index (χ0) is 15.8. The molecular formula is C13H20N4O3S. The van der Waals surface area contributed by atoms with Gasteiger partial charge in [0.1, 0.15) is 16.5 Å². The van der Waals surface area contributed by atoms with Gasteiger partial charge in [-0.2, -0.15) is 5.10 Å². The van der Waals surface area contributed by atoms with Crippen molar-refractivity contribution in [1.82, 2.24) is 4.98 Å². The zero-order valence-electron chi connectivity index (χ0n) is 12.5. The molecule has 7 nitrogen and oxygen atoms in total. The van der Waals surface area contributed by atoms with Gasteiger partial charge >= 0.3 is 6.09 Å². The van der Waals surface area contributed by atoms with E-state index in [9.17, 15) is 4.79 Å². The molecule has 1 heterocycles. The Kier molecular flexibility index (Phi) is 6.80. The van der Waals surface area contributed by atoms with Crippen molar-refractivity contribution in [1.29, 1.82) is 0 Å². The summed E-state index contributed by atoms with van der Waals surface area (Å²) in [6.45, 7) is 5.53. The number of carbonyl (C=O) groups is 1. The van der Waals surface area contributed by atoms with Gasteiger partial charge in [0.2, 0.25) is 0 Å². The number of thioether (sulfide) groups is 1. The lowest BCUT2D eigenvalue weighted by Gasteiger charge is -2.12. The Labute approximate surface area is 128 Å². The molecule has 0 saturated carbocycles. The number of nitrogens with two attached hydrogens (primary N) is 1. The fraction of sp³-hybridized carbons (Fsp3) is 0.462. The highest BCUT2D eigenvalue weighted by atomic mass is 32.2. The first-order chi connectivity index (χ1) is 10.0. The van der Waals surface area contributed by atoms with Gasteiger partial charge in [-0.1, -0.05) is 6.92 Å². The van der Waals surface area contributed by atoms with Gasteiger partial charge in [0.15, 0.2) is 0 Å². The lowest BCUT2D eigenvalue weighted by Crippen LogP contribution is -2.18. The van der Waals surface area contributed by atoms with Gasteiger partial charge < -0.3 is 15.3 Å². The summed E-state index contributed by atoms with van der Waals surface area (Å²) >= 11 is 1.46. The summed E-state index contributed by atoms with van der Waals surface area (Å²) in [6.07, 6.45) is 0.759. The van der Waals surface area contributed by atoms with Crippen LogP contribution in [0, 0.1) is 0 Å². The first kappa shape index (κ1) is 17.1. The van der Waals surface area contributed by atoms with Crippen molar-refractivity contribution in [3.8, 4) is 5.75 Å². The van der Waals surface area contributed by atoms with Crippen molar-refractivity contribution in [2.45, 2.75) is 26.9 Å². The molecule has 1 aromatic heterocycles. The van der Waals surface area contributed by atoms with Crippen LogP contribution in [0.4, 0.5) is 10.5 Å². The highest BCUT2D eigenvalue weighted by Gasteiger charge is 2.14. The third-order valence-corrected chi connectivity index (χ3v) is 3.12. The van der Waals surface area contributed by atoms with E-state index in [1.165, 1.54) is 25.1 Å². The number of aromatic nitrogens is 1. The number of methoxy groups -OCH3 is 1. The van der Waals surface area contributed by atoms with Crippen LogP contribution in [-0.2, 0) is 4.74 Å². The fourth-order valence-corrected chi connectivity index (χ4v) is 2.13. The van der Waals surface area contributed by atoms with Gasteiger partial charge in [-0.25, -0.2) is 9.78 Å². The lowest BCUT2D eigenvalue weighted by molar-refractivity contribution is 0.130. The smallest absolute Gasteiger partial charge is 0.411 e. The van der Waals surface area contributed by atoms with Crippen molar-refractivity contribution in [2.75, 3.05) is 18.2 Å². The topological polar surface area (TPSA) is 98.8 Å². The Bertz CT molecular complexity index is 520. The minimum Gasteiger partial charge on any atom is -0.494 e. The molecule has 0 unspecified atom stereocenters. The lowest BCUT2D eigenvalue weighted by atomic mass is 10.3. The Balaban J connectivity index is 2.95. The van der Waals surface area contributed by atoms with Gasteiger partial charge in [0.05, 0.1) is 25.1 Å². The zero-order valence-corrected chi connectivity index (χ0v) is 13.4. The van der Waals surface area contributed by atoms with E-state index >= 15 is 0 Å². The Morgan fingerprint density at radius 1 is 1.57 bits per heavy atom. The van der Waals surface area contributed by atoms with E-state index in [-0.39, 0.29) is 6.10 Å². The van der Waals surface area contributed by atoms with Gasteiger partial charge in [-0.3, -0.25) is 5.32 Å². The molecule has 1 amide bonds. The maximum atomic E-state index is 11.6. The number of anilines is 1. The van der Waals surface area contributed by atoms with Crippen LogP contribution < -0.4 is 15.9 Å². The number of pyridine rings is 1. The van der Waals surface area contributed by atoms with Crippen molar-refractivity contribution in [3.05, 3.63) is 18.0 Å². The number of ether oxygens (including phenoxy) is 2. The summed E-state index contributed by atoms with van der Waals surface area (Å²) in [5.74, 6) is 6.65. The molecule has 3 N–H and O–H groups in total. The SMILES string of the molecule is CCS/C(=N\N)c1ncc(NC(=O)OC(C)C)cc1OC. The normalized spacial score (nSPS) is 11.4. The van der Waals surface area contributed by atoms with Crippen molar-refractivity contribution >= 4 is 28.6 Å². The summed E-state index contributed by atoms with van der Waals surface area (Å²) < 4.78 is 10.3. The second-order valence-electron chi connectivity index (χ2n) is 4.22. The van der Waals surface area contributed by atoms with Crippen LogP contribution in [0.3, 0.4) is 0 Å². The van der Waals surface area contributed by atoms with E-state index in [1.54, 1.807) is 19.9 Å². The van der Waals surface area contributed by atoms with Crippen LogP contribution in [0.15, 0.2) is 17.4 Å². The average Bonchev–Trinajstić information content (AvgIpc) is 2.44. The van der Waals surface area contributed by atoms with Crippen LogP contribution >= 0.6 is 11.8 Å². The maximum absolute atomic E-state index is 11.6. The number of hydrogen-bond donors (Lipinski definition) is 2. The van der Waals surface area contributed by atoms with Crippen molar-refractivity contribution in [3.63, 3.8) is 0 Å². The van der Waals surface area contributed by atoms with E-state index in [0.717, 1.165) is 5.75 Å². The summed E-state index contributed by atoms with van der Waals surface area (Å²) in [6, 6.07) is 1.64. The van der Waals surface area contributed by atoms with Crippen LogP contribution in [-0.4, -0.2) is 35.1 Å². The molecule has 0 aliphatic carbocycles. The predicted octanol–water partition coefficient (Wildman–Crippen LogP) is 2.42. The molecule has 0 radical (unpaired) electrons. The number of nitrogens with one attached hydrogen (secondary N) is 1. The molecular weight excluding hydrogens is 292 g/mol. The first-order valence-electron chi connectivity index (χ1n) is 6.44. The number of amides is 1. The molecule has 0 saturated heterocycles. The second-order valence-corrected chi connectivity index (χ2v) is 5.47. The molecule has 21 heavy (non-hydrogen) atoms. The van der Waals surface area contributed by atoms with Gasteiger partial charge in [-0.05, 0) is 19.6 Å². The van der Waals surface area contributed by atoms with E-state index in [2.05, 4.69) is 15.4 Å². The highest BCUT2D eigenvalue weighted by molar-refractivity contribution is 8.14. The Hall–Kier alpha value is -1.96. The Morgan fingerprint density at radius 2 is 2.29 bits per heavy atom. The van der Waals surface area contributed by atoms with Gasteiger partial charge in [0.25, 0.3) is 0 Å². The number of rotatable bonds is 5. The van der Waals surface area contributed by atoms with Crippen LogP contribution in [0.1, 0.15) is 26.5 Å². The molecule has 8 heteroatoms. The van der Waals surface area contributed by atoms with E-state index < -0.39 is 6.09 Å². The van der Waals surface area contributed by atoms with Crippen LogP contribution in [0.5, 0.6) is 5.75 Å². The van der Waals surface area contributed by atoms with Gasteiger partial charge in [-0.15, -0.1) is 11.8 Å². The molecule has 0 atom stereocenters. The summed E-state index contributed by atoms with van der Waals surface area (Å²) in [7, 11) is 1.52. The molecule has 0 spiro atoms. The molecule has 0 aromatic carbocycles. The first-order valence-corrected chi connectivity index (χ1v) is 7.43. The minimum absolute atomic E-state index is 0.198. The largest absolute Gasteiger partial charge is 0.494 e. The molecule has 1 rings (SSSR count). The molecule has 0 fully saturated rings. The predicted molar refractivity (Wildman–Crippen MR) is 84.9 cm³/mol. The summed E-state index contributed by atoms with van der Waals surface area (Å²) in [5.41, 5.74) is 1.01. The van der Waals surface area contributed by atoms with Crippen LogP contribution in [0.2, 0.25) is 0 Å². The molecule has 0 aliphatic heterocycles. The van der Waals surface area contributed by atoms with E-state index in [0.29, 0.717) is 22.2 Å². The number of hydrogen-bond acceptors (Lipinski definition) is 7. The third-order valence-electron chi connectivity index (χ3n) is 2.26. The van der Waals surface area contributed by atoms with Gasteiger partial charge in [0, 0.05) is 6.07 Å². The van der Waals surface area contributed by atoms with Crippen LogP contribution in [0.25, 0.3) is 0 Å². The highest BCUT2D eigenvalue weighted by Crippen LogP contribution is 2.25. The quantitative estimate of drug-likeness (QED) is 0.375. The van der Waals surface area contributed by atoms with E-state index in [4.69, 9.17) is 15.3 Å². The minimum atomic E-state index is -0.544. The summed E-state index contributed by atoms with van der Waals surface area (Å²) in [5, 5.41) is 6.87. The average molecular weight is 312 g/mol. The molecule has 0 aliphatic rings. The van der Waals surface area contributed by atoms with Crippen molar-refractivity contribution in [2.24, 2.45) is 10.9 Å². The number of nitrogens with zero attached hydrogens (tertiary/aromatic N) is 2. The fourth-order valence-electron chi connectivity index (χ4n) is 1.49. The molecule has 0 bridgehead atoms. The van der Waals surface area contributed by atoms with E-state index in [1.807, 2.05) is 6.92 Å². The number of carbonyl (C=O) groups excluding carboxylic acids is 1. The maximum Gasteiger partial charge on any atom is 0.411 e. The monoisotopic (exact) mass is 312 g/mol.